The van der Waals surface area contributed by atoms with Gasteiger partial charge in [0.25, 0.3) is 5.56 Å². The SMILES string of the molecule is Cc1cc(C=Nn2c(-c3cc4cc(Cl)ccc4o3)nc3ccccc3c2=O)c(C)n1-c1ccccc1. The minimum Gasteiger partial charge on any atom is -0.453 e. The smallest absolute Gasteiger partial charge is 0.282 e. The molecule has 0 N–H and O–H groups in total. The molecule has 0 fully saturated rings. The molecule has 6 nitrogen and oxygen atoms in total. The topological polar surface area (TPSA) is 65.3 Å². The van der Waals surface area contributed by atoms with E-state index in [1.165, 1.54) is 4.68 Å². The molecule has 3 aromatic carbocycles. The zero-order valence-electron chi connectivity index (χ0n) is 19.6. The normalized spacial score (nSPS) is 11.8. The highest BCUT2D eigenvalue weighted by atomic mass is 35.5. The van der Waals surface area contributed by atoms with Crippen molar-refractivity contribution in [3.8, 4) is 17.3 Å². The fourth-order valence-electron chi connectivity index (χ4n) is 4.53. The van der Waals surface area contributed by atoms with E-state index in [4.69, 9.17) is 21.0 Å². The average molecular weight is 493 g/mol. The molecule has 7 heteroatoms. The van der Waals surface area contributed by atoms with E-state index >= 15 is 0 Å². The molecule has 0 bridgehead atoms. The first-order valence-corrected chi connectivity index (χ1v) is 11.9. The molecule has 0 aliphatic carbocycles. The van der Waals surface area contributed by atoms with Gasteiger partial charge in [-0.2, -0.15) is 9.78 Å². The number of halogens is 1. The van der Waals surface area contributed by atoms with Gasteiger partial charge in [0.1, 0.15) is 5.58 Å². The number of benzene rings is 3. The van der Waals surface area contributed by atoms with Crippen LogP contribution in [0.2, 0.25) is 5.02 Å². The zero-order valence-corrected chi connectivity index (χ0v) is 20.4. The maximum atomic E-state index is 13.5. The summed E-state index contributed by atoms with van der Waals surface area (Å²) < 4.78 is 9.51. The van der Waals surface area contributed by atoms with Gasteiger partial charge in [-0.1, -0.05) is 41.9 Å². The van der Waals surface area contributed by atoms with Crippen LogP contribution in [0.3, 0.4) is 0 Å². The summed E-state index contributed by atoms with van der Waals surface area (Å²) in [6.07, 6.45) is 1.70. The van der Waals surface area contributed by atoms with Gasteiger partial charge >= 0.3 is 0 Å². The predicted molar refractivity (Wildman–Crippen MR) is 144 cm³/mol. The molecule has 0 aliphatic heterocycles. The largest absolute Gasteiger partial charge is 0.453 e. The van der Waals surface area contributed by atoms with Gasteiger partial charge in [-0.15, -0.1) is 0 Å². The minimum absolute atomic E-state index is 0.276. The van der Waals surface area contributed by atoms with Gasteiger partial charge in [-0.3, -0.25) is 4.79 Å². The van der Waals surface area contributed by atoms with E-state index in [1.54, 1.807) is 30.5 Å². The van der Waals surface area contributed by atoms with Crippen molar-refractivity contribution in [2.75, 3.05) is 0 Å². The molecule has 3 heterocycles. The van der Waals surface area contributed by atoms with E-state index < -0.39 is 0 Å². The first-order valence-electron chi connectivity index (χ1n) is 11.5. The molecular weight excluding hydrogens is 472 g/mol. The highest BCUT2D eigenvalue weighted by molar-refractivity contribution is 6.31. The summed E-state index contributed by atoms with van der Waals surface area (Å²) in [5, 5.41) is 6.52. The van der Waals surface area contributed by atoms with Crippen LogP contribution >= 0.6 is 11.6 Å². The Labute approximate surface area is 211 Å². The molecule has 0 unspecified atom stereocenters. The first kappa shape index (κ1) is 22.1. The van der Waals surface area contributed by atoms with Crippen LogP contribution in [-0.2, 0) is 0 Å². The summed E-state index contributed by atoms with van der Waals surface area (Å²) >= 11 is 6.16. The van der Waals surface area contributed by atoms with E-state index in [2.05, 4.69) is 21.8 Å². The fraction of sp³-hybridized carbons (Fsp3) is 0.0690. The van der Waals surface area contributed by atoms with Gasteiger partial charge in [0.2, 0.25) is 5.82 Å². The summed E-state index contributed by atoms with van der Waals surface area (Å²) in [5.41, 5.74) is 5.01. The van der Waals surface area contributed by atoms with Crippen LogP contribution in [0.25, 0.3) is 39.1 Å². The summed E-state index contributed by atoms with van der Waals surface area (Å²) in [6, 6.07) is 26.6. The molecule has 0 spiro atoms. The molecule has 0 aliphatic rings. The lowest BCUT2D eigenvalue weighted by atomic mass is 10.2. The highest BCUT2D eigenvalue weighted by Crippen LogP contribution is 2.29. The van der Waals surface area contributed by atoms with Crippen LogP contribution in [0.5, 0.6) is 0 Å². The number of rotatable bonds is 4. The molecule has 6 rings (SSSR count). The third kappa shape index (κ3) is 3.72. The van der Waals surface area contributed by atoms with E-state index in [1.807, 2.05) is 62.4 Å². The number of hydrogen-bond donors (Lipinski definition) is 0. The van der Waals surface area contributed by atoms with Gasteiger partial charge in [0.15, 0.2) is 5.76 Å². The summed E-state index contributed by atoms with van der Waals surface area (Å²) in [5.74, 6) is 0.751. The van der Waals surface area contributed by atoms with Crippen molar-refractivity contribution >= 4 is 39.7 Å². The van der Waals surface area contributed by atoms with Crippen molar-refractivity contribution in [1.29, 1.82) is 0 Å². The Kier molecular flexibility index (Phi) is 5.31. The number of aryl methyl sites for hydroxylation is 1. The van der Waals surface area contributed by atoms with Crippen molar-refractivity contribution < 1.29 is 4.42 Å². The lowest BCUT2D eigenvalue weighted by Crippen LogP contribution is -2.20. The number of hydrogen-bond acceptors (Lipinski definition) is 4. The number of aromatic nitrogens is 3. The number of nitrogens with zero attached hydrogens (tertiary/aromatic N) is 4. The molecule has 0 saturated carbocycles. The van der Waals surface area contributed by atoms with E-state index in [-0.39, 0.29) is 5.56 Å². The molecule has 176 valence electrons. The van der Waals surface area contributed by atoms with Crippen molar-refractivity contribution in [1.82, 2.24) is 14.2 Å². The van der Waals surface area contributed by atoms with Gasteiger partial charge in [-0.05, 0) is 68.4 Å². The Bertz CT molecular complexity index is 1840. The molecule has 0 radical (unpaired) electrons. The Morgan fingerprint density at radius 2 is 1.72 bits per heavy atom. The Morgan fingerprint density at radius 3 is 2.56 bits per heavy atom. The molecule has 0 atom stereocenters. The summed E-state index contributed by atoms with van der Waals surface area (Å²) in [7, 11) is 0. The van der Waals surface area contributed by atoms with Crippen molar-refractivity contribution in [2.24, 2.45) is 5.10 Å². The van der Waals surface area contributed by atoms with E-state index in [0.717, 1.165) is 28.0 Å². The lowest BCUT2D eigenvalue weighted by molar-refractivity contribution is 0.616. The fourth-order valence-corrected chi connectivity index (χ4v) is 4.71. The van der Waals surface area contributed by atoms with Gasteiger partial charge < -0.3 is 8.98 Å². The monoisotopic (exact) mass is 492 g/mol. The maximum absolute atomic E-state index is 13.5. The van der Waals surface area contributed by atoms with Crippen LogP contribution in [0.15, 0.2) is 99.2 Å². The predicted octanol–water partition coefficient (Wildman–Crippen LogP) is 6.75. The van der Waals surface area contributed by atoms with Crippen LogP contribution in [-0.4, -0.2) is 20.4 Å². The van der Waals surface area contributed by atoms with Crippen molar-refractivity contribution in [3.63, 3.8) is 0 Å². The molecule has 3 aromatic heterocycles. The molecule has 6 aromatic rings. The van der Waals surface area contributed by atoms with Crippen LogP contribution < -0.4 is 5.56 Å². The second-order valence-electron chi connectivity index (χ2n) is 8.60. The number of para-hydroxylation sites is 2. The Morgan fingerprint density at radius 1 is 0.944 bits per heavy atom. The average Bonchev–Trinajstić information content (AvgIpc) is 3.43. The second kappa shape index (κ2) is 8.66. The minimum atomic E-state index is -0.276. The number of furan rings is 1. The standard InChI is InChI=1S/C29H21ClN4O2/c1-18-14-21(19(2)33(18)23-8-4-3-5-9-23)17-31-34-28(32-25-11-7-6-10-24(25)29(34)35)27-16-20-15-22(30)12-13-26(20)36-27/h3-17H,1-2H3. The first-order chi connectivity index (χ1) is 17.5. The van der Waals surface area contributed by atoms with Gasteiger partial charge in [0, 0.05) is 33.0 Å². The van der Waals surface area contributed by atoms with E-state index in [0.29, 0.717) is 33.1 Å². The van der Waals surface area contributed by atoms with Crippen LogP contribution in [0, 0.1) is 13.8 Å². The van der Waals surface area contributed by atoms with Crippen LogP contribution in [0.1, 0.15) is 17.0 Å². The third-order valence-electron chi connectivity index (χ3n) is 6.25. The van der Waals surface area contributed by atoms with Gasteiger partial charge in [0.05, 0.1) is 17.1 Å². The van der Waals surface area contributed by atoms with Crippen molar-refractivity contribution in [3.05, 3.63) is 117 Å². The molecular formula is C29H21ClN4O2. The van der Waals surface area contributed by atoms with Crippen LogP contribution in [0.4, 0.5) is 0 Å². The molecule has 0 amide bonds. The third-order valence-corrected chi connectivity index (χ3v) is 6.48. The molecule has 0 saturated heterocycles. The quantitative estimate of drug-likeness (QED) is 0.255. The zero-order chi connectivity index (χ0) is 24.8. The molecule has 36 heavy (non-hydrogen) atoms. The lowest BCUT2D eigenvalue weighted by Gasteiger charge is -2.09. The summed E-state index contributed by atoms with van der Waals surface area (Å²) in [4.78, 5) is 18.3. The summed E-state index contributed by atoms with van der Waals surface area (Å²) in [6.45, 7) is 4.08. The van der Waals surface area contributed by atoms with E-state index in [9.17, 15) is 4.79 Å². The van der Waals surface area contributed by atoms with Gasteiger partial charge in [-0.25, -0.2) is 4.98 Å². The Hall–Kier alpha value is -4.42. The Balaban J connectivity index is 1.53. The van der Waals surface area contributed by atoms with Crippen molar-refractivity contribution in [2.45, 2.75) is 13.8 Å². The second-order valence-corrected chi connectivity index (χ2v) is 9.04. The highest BCUT2D eigenvalue weighted by Gasteiger charge is 2.17. The number of fused-ring (bicyclic) bond motifs is 2. The maximum Gasteiger partial charge on any atom is 0.282 e.